The van der Waals surface area contributed by atoms with Crippen molar-refractivity contribution in [2.75, 3.05) is 7.11 Å². The zero-order valence-corrected chi connectivity index (χ0v) is 25.4. The van der Waals surface area contributed by atoms with E-state index in [2.05, 4.69) is 48.1 Å². The summed E-state index contributed by atoms with van der Waals surface area (Å²) in [5.41, 5.74) is 0.722. The van der Waals surface area contributed by atoms with Crippen LogP contribution in [0.15, 0.2) is 12.2 Å². The zero-order chi connectivity index (χ0) is 28.1. The summed E-state index contributed by atoms with van der Waals surface area (Å²) >= 11 is 0. The summed E-state index contributed by atoms with van der Waals surface area (Å²) in [6.07, 6.45) is 9.12. The Hall–Kier alpha value is -0.920. The van der Waals surface area contributed by atoms with Crippen LogP contribution in [0.4, 0.5) is 0 Å². The lowest BCUT2D eigenvalue weighted by molar-refractivity contribution is -0.246. The van der Waals surface area contributed by atoms with Gasteiger partial charge in [0, 0.05) is 0 Å². The lowest BCUT2D eigenvalue weighted by Gasteiger charge is -2.72. The number of hydrogen-bond acceptors (Lipinski definition) is 6. The maximum atomic E-state index is 13.4. The van der Waals surface area contributed by atoms with Crippen molar-refractivity contribution in [3.8, 4) is 0 Å². The first-order chi connectivity index (χ1) is 17.5. The topological polar surface area (TPSA) is 92.7 Å². The van der Waals surface area contributed by atoms with Crippen LogP contribution in [0, 0.1) is 56.7 Å². The average Bonchev–Trinajstić information content (AvgIpc) is 3.21. The van der Waals surface area contributed by atoms with Gasteiger partial charge in [0.1, 0.15) is 0 Å². The van der Waals surface area contributed by atoms with Crippen LogP contribution in [0.3, 0.4) is 0 Å². The Bertz CT molecular complexity index is 1110. The van der Waals surface area contributed by atoms with E-state index in [1.54, 1.807) is 7.11 Å². The Labute approximate surface area is 230 Å². The highest BCUT2D eigenvalue weighted by Gasteiger charge is 2.72. The van der Waals surface area contributed by atoms with Crippen LogP contribution in [0.2, 0.25) is 0 Å². The molecule has 5 aliphatic rings. The van der Waals surface area contributed by atoms with Gasteiger partial charge in [0.15, 0.2) is 0 Å². The van der Waals surface area contributed by atoms with E-state index in [4.69, 9.17) is 8.92 Å². The van der Waals surface area contributed by atoms with Crippen molar-refractivity contribution < 1.29 is 26.7 Å². The highest BCUT2D eigenvalue weighted by Crippen LogP contribution is 2.77. The molecule has 0 bridgehead atoms. The Balaban J connectivity index is 1.52. The number of allylic oxidation sites excluding steroid dienone is 1. The molecule has 0 heterocycles. The Morgan fingerprint density at radius 3 is 2.16 bits per heavy atom. The summed E-state index contributed by atoms with van der Waals surface area (Å²) < 4.78 is 45.3. The van der Waals surface area contributed by atoms with Gasteiger partial charge in [0.25, 0.3) is 0 Å². The van der Waals surface area contributed by atoms with Crippen LogP contribution in [0.25, 0.3) is 0 Å². The molecule has 0 aromatic rings. The van der Waals surface area contributed by atoms with E-state index in [9.17, 15) is 17.8 Å². The third kappa shape index (κ3) is 3.69. The predicted octanol–water partition coefficient (Wildman–Crippen LogP) is 6.66. The maximum absolute atomic E-state index is 13.4. The van der Waals surface area contributed by atoms with Gasteiger partial charge >= 0.3 is 5.97 Å². The van der Waals surface area contributed by atoms with Crippen molar-refractivity contribution in [2.24, 2.45) is 56.7 Å². The number of rotatable bonds is 4. The van der Waals surface area contributed by atoms with Gasteiger partial charge in [-0.1, -0.05) is 46.8 Å². The molecular weight excluding hydrogens is 500 g/mol. The highest BCUT2D eigenvalue weighted by atomic mass is 32.3. The minimum absolute atomic E-state index is 0.00959. The molecule has 0 aliphatic heterocycles. The Kier molecular flexibility index (Phi) is 6.61. The van der Waals surface area contributed by atoms with Crippen LogP contribution < -0.4 is 0 Å². The third-order valence-electron chi connectivity index (χ3n) is 13.8. The quantitative estimate of drug-likeness (QED) is 0.168. The smallest absolute Gasteiger partial charge is 0.312 e. The van der Waals surface area contributed by atoms with E-state index in [0.29, 0.717) is 30.1 Å². The number of hydrogen-bond donors (Lipinski definition) is 0. The lowest BCUT2D eigenvalue weighted by atomic mass is 9.32. The molecule has 0 N–H and O–H groups in total. The fourth-order valence-electron chi connectivity index (χ4n) is 12.0. The van der Waals surface area contributed by atoms with Gasteiger partial charge in [0.05, 0.1) is 18.6 Å². The molecule has 10 atom stereocenters. The third-order valence-corrected chi connectivity index (χ3v) is 14.3. The SMILES string of the molecule is C=C(C)[C@@H]1CC[C@]2(C(=O)OC)CC[C@]3(C)[C@H](CC[C@@H]4[C@@]5(C)CC[C@H](OS(=O)(=O)[O-])C(C)(C)[C@@H]5CC[C@]43C)[C@@H]12. The van der Waals surface area contributed by atoms with Crippen LogP contribution >= 0.6 is 0 Å². The largest absolute Gasteiger partial charge is 0.726 e. The summed E-state index contributed by atoms with van der Waals surface area (Å²) in [5, 5.41) is 0. The molecule has 6 nitrogen and oxygen atoms in total. The number of carbonyl (C=O) groups is 1. The molecule has 216 valence electrons. The summed E-state index contributed by atoms with van der Waals surface area (Å²) in [4.78, 5) is 13.4. The molecule has 5 fully saturated rings. The molecule has 0 saturated heterocycles. The molecule has 7 heteroatoms. The van der Waals surface area contributed by atoms with E-state index < -0.39 is 21.9 Å². The zero-order valence-electron chi connectivity index (χ0n) is 24.6. The van der Waals surface area contributed by atoms with Crippen LogP contribution in [0.5, 0.6) is 0 Å². The van der Waals surface area contributed by atoms with Crippen molar-refractivity contribution in [3.63, 3.8) is 0 Å². The molecule has 0 aromatic carbocycles. The van der Waals surface area contributed by atoms with Gasteiger partial charge in [-0.2, -0.15) is 0 Å². The molecule has 5 rings (SSSR count). The van der Waals surface area contributed by atoms with Crippen molar-refractivity contribution >= 4 is 16.4 Å². The predicted molar refractivity (Wildman–Crippen MR) is 146 cm³/mol. The fourth-order valence-corrected chi connectivity index (χ4v) is 12.6. The van der Waals surface area contributed by atoms with Crippen LogP contribution in [-0.4, -0.2) is 32.2 Å². The Morgan fingerprint density at radius 2 is 1.55 bits per heavy atom. The summed E-state index contributed by atoms with van der Waals surface area (Å²) in [6.45, 7) is 18.3. The monoisotopic (exact) mass is 549 g/mol. The molecule has 0 aromatic heterocycles. The van der Waals surface area contributed by atoms with Gasteiger partial charge in [0.2, 0.25) is 10.4 Å². The second-order valence-corrected chi connectivity index (χ2v) is 16.2. The number of methoxy groups -OCH3 is 1. The van der Waals surface area contributed by atoms with E-state index in [0.717, 1.165) is 57.8 Å². The summed E-state index contributed by atoms with van der Waals surface area (Å²) in [7, 11) is -3.19. The van der Waals surface area contributed by atoms with Crippen molar-refractivity contribution in [2.45, 2.75) is 112 Å². The second kappa shape index (κ2) is 8.79. The first-order valence-electron chi connectivity index (χ1n) is 14.9. The van der Waals surface area contributed by atoms with Crippen molar-refractivity contribution in [1.29, 1.82) is 0 Å². The fraction of sp³-hybridized carbons (Fsp3) is 0.903. The first kappa shape index (κ1) is 28.6. The van der Waals surface area contributed by atoms with E-state index >= 15 is 0 Å². The van der Waals surface area contributed by atoms with Gasteiger partial charge in [-0.15, -0.1) is 0 Å². The first-order valence-corrected chi connectivity index (χ1v) is 16.2. The molecule has 0 unspecified atom stereocenters. The van der Waals surface area contributed by atoms with Gasteiger partial charge in [-0.3, -0.25) is 8.98 Å². The maximum Gasteiger partial charge on any atom is 0.312 e. The van der Waals surface area contributed by atoms with Crippen LogP contribution in [-0.2, 0) is 24.1 Å². The molecule has 38 heavy (non-hydrogen) atoms. The molecule has 0 amide bonds. The van der Waals surface area contributed by atoms with Gasteiger partial charge in [-0.25, -0.2) is 8.42 Å². The van der Waals surface area contributed by atoms with Gasteiger partial charge in [-0.05, 0) is 122 Å². The highest BCUT2D eigenvalue weighted by molar-refractivity contribution is 7.80. The average molecular weight is 550 g/mol. The number of esters is 1. The van der Waals surface area contributed by atoms with Crippen LogP contribution in [0.1, 0.15) is 106 Å². The van der Waals surface area contributed by atoms with E-state index in [1.165, 1.54) is 5.57 Å². The minimum atomic E-state index is -4.74. The number of fused-ring (bicyclic) bond motifs is 7. The molecule has 0 radical (unpaired) electrons. The molecule has 5 aliphatic carbocycles. The molecule has 0 spiro atoms. The lowest BCUT2D eigenvalue weighted by Crippen LogP contribution is -2.67. The summed E-state index contributed by atoms with van der Waals surface area (Å²) in [5.74, 6) is 1.91. The van der Waals surface area contributed by atoms with E-state index in [1.807, 2.05) is 0 Å². The number of carbonyl (C=O) groups excluding carboxylic acids is 1. The van der Waals surface area contributed by atoms with Gasteiger partial charge < -0.3 is 9.29 Å². The second-order valence-electron chi connectivity index (χ2n) is 15.2. The minimum Gasteiger partial charge on any atom is -0.726 e. The van der Waals surface area contributed by atoms with Crippen molar-refractivity contribution in [1.82, 2.24) is 0 Å². The standard InChI is InChI=1S/C31H50O6S/c1-19(2)20-11-16-31(26(32)36-8)18-17-29(6)21(25(20)31)9-10-23-28(5)14-13-24(37-38(33,34)35)27(3,4)22(28)12-15-30(23,29)7/h20-25H,1,9-18H2,2-8H3,(H,33,34,35)/p-1/t20-,21+,22-,23+,24-,25+,28-,29+,30+,31-/m0/s1. The normalized spacial score (nSPS) is 49.7. The summed E-state index contributed by atoms with van der Waals surface area (Å²) in [6, 6.07) is 0. The number of ether oxygens (including phenoxy) is 1. The van der Waals surface area contributed by atoms with E-state index in [-0.39, 0.29) is 33.5 Å². The molecular formula is C31H49O6S-. The Morgan fingerprint density at radius 1 is 0.868 bits per heavy atom. The molecule has 5 saturated carbocycles. The van der Waals surface area contributed by atoms with Crippen molar-refractivity contribution in [3.05, 3.63) is 12.2 Å².